The zero-order valence-corrected chi connectivity index (χ0v) is 67.7. The Kier molecular flexibility index (Phi) is 77.3. The summed E-state index contributed by atoms with van der Waals surface area (Å²) in [5, 5.41) is 0. The minimum Gasteiger partial charge on any atom is -0.756 e. The molecule has 0 amide bonds. The summed E-state index contributed by atoms with van der Waals surface area (Å²) >= 11 is 0. The molecular weight excluding hydrogens is 1280 g/mol. The second-order valence-corrected chi connectivity index (χ2v) is 30.5. The van der Waals surface area contributed by atoms with Gasteiger partial charge in [-0.15, -0.1) is 0 Å². The molecule has 0 N–H and O–H groups in total. The standard InChI is InChI=1S/C92H158NO8P/c1-6-8-10-12-14-16-18-20-22-24-26-28-30-32-34-36-38-40-42-44-45-46-47-49-51-53-55-57-59-61-63-65-67-69-71-73-75-77-79-81-83-85-92(95)101-90(89-100-102(96,97)99-87-86-93(3,4)5)88-98-91(94)84-82-80-78-76-74-72-70-68-66-64-62-60-58-56-54-52-50-48-43-41-39-37-35-33-31-29-27-25-23-21-19-17-15-13-11-9-7-2/h8-11,14-17,20-23,26-29,32,34,38,40,44-45,47,49,53,55,90H,6-7,12-13,18-19,24-25,30-31,33,35-37,39,41-43,46,48,50-52,54,56-89H2,1-5H3/b10-8-,11-9-,16-14-,17-15-,22-20-,23-21-,28-26-,29-27-,34-32-,40-38-,45-44-,49-47-,55-53-. The van der Waals surface area contributed by atoms with E-state index in [-0.39, 0.29) is 32.0 Å². The number of phosphoric acid groups is 1. The van der Waals surface area contributed by atoms with Crippen LogP contribution in [0.2, 0.25) is 0 Å². The highest BCUT2D eigenvalue weighted by Crippen LogP contribution is 2.38. The number of nitrogens with zero attached hydrogens (tertiary/aromatic N) is 1. The molecule has 10 heteroatoms. The van der Waals surface area contributed by atoms with E-state index >= 15 is 0 Å². The van der Waals surface area contributed by atoms with Gasteiger partial charge in [0.1, 0.15) is 19.8 Å². The number of esters is 2. The molecule has 2 atom stereocenters. The third kappa shape index (κ3) is 84.6. The van der Waals surface area contributed by atoms with Crippen LogP contribution in [0.25, 0.3) is 0 Å². The van der Waals surface area contributed by atoms with Gasteiger partial charge in [-0.25, -0.2) is 0 Å². The molecule has 0 heterocycles. The van der Waals surface area contributed by atoms with Crippen molar-refractivity contribution in [1.29, 1.82) is 0 Å². The zero-order valence-electron chi connectivity index (χ0n) is 66.8. The number of hydrogen-bond acceptors (Lipinski definition) is 8. The number of allylic oxidation sites excluding steroid dienone is 26. The highest BCUT2D eigenvalue weighted by molar-refractivity contribution is 7.45. The van der Waals surface area contributed by atoms with Crippen molar-refractivity contribution in [3.05, 3.63) is 158 Å². The molecule has 2 unspecified atom stereocenters. The molecule has 0 fully saturated rings. The molecule has 0 radical (unpaired) electrons. The number of quaternary nitrogens is 1. The number of carbonyl (C=O) groups is 2. The summed E-state index contributed by atoms with van der Waals surface area (Å²) in [5.41, 5.74) is 0. The molecule has 0 spiro atoms. The molecule has 0 aliphatic rings. The van der Waals surface area contributed by atoms with Crippen molar-refractivity contribution in [3.63, 3.8) is 0 Å². The van der Waals surface area contributed by atoms with Crippen LogP contribution in [0.15, 0.2) is 158 Å². The van der Waals surface area contributed by atoms with Crippen LogP contribution >= 0.6 is 7.82 Å². The summed E-state index contributed by atoms with van der Waals surface area (Å²) in [6.45, 7) is 4.04. The summed E-state index contributed by atoms with van der Waals surface area (Å²) in [7, 11) is 1.17. The first kappa shape index (κ1) is 97.6. The fourth-order valence-electron chi connectivity index (χ4n) is 11.7. The first-order chi connectivity index (χ1) is 50.0. The predicted molar refractivity (Wildman–Crippen MR) is 443 cm³/mol. The third-order valence-corrected chi connectivity index (χ3v) is 19.0. The maximum absolute atomic E-state index is 12.9. The van der Waals surface area contributed by atoms with Crippen LogP contribution < -0.4 is 4.89 Å². The summed E-state index contributed by atoms with van der Waals surface area (Å²) < 4.78 is 34.5. The van der Waals surface area contributed by atoms with E-state index in [1.165, 1.54) is 205 Å². The van der Waals surface area contributed by atoms with Gasteiger partial charge in [-0.1, -0.05) is 384 Å². The van der Waals surface area contributed by atoms with Crippen molar-refractivity contribution in [3.8, 4) is 0 Å². The maximum atomic E-state index is 12.9. The normalized spacial score (nSPS) is 13.8. The van der Waals surface area contributed by atoms with Crippen LogP contribution in [0.3, 0.4) is 0 Å². The number of hydrogen-bond donors (Lipinski definition) is 0. The molecule has 0 rings (SSSR count). The van der Waals surface area contributed by atoms with Crippen molar-refractivity contribution >= 4 is 19.8 Å². The number of phosphoric ester groups is 1. The topological polar surface area (TPSA) is 111 Å². The minimum absolute atomic E-state index is 0.0347. The average molecular weight is 1440 g/mol. The van der Waals surface area contributed by atoms with Gasteiger partial charge in [-0.3, -0.25) is 14.2 Å². The molecule has 0 aromatic heterocycles. The number of unbranched alkanes of at least 4 members (excludes halogenated alkanes) is 37. The lowest BCUT2D eigenvalue weighted by Crippen LogP contribution is -2.37. The Morgan fingerprint density at radius 2 is 0.529 bits per heavy atom. The number of carbonyl (C=O) groups excluding carboxylic acids is 2. The van der Waals surface area contributed by atoms with Crippen LogP contribution in [0.5, 0.6) is 0 Å². The van der Waals surface area contributed by atoms with Crippen molar-refractivity contribution in [1.82, 2.24) is 0 Å². The van der Waals surface area contributed by atoms with Crippen molar-refractivity contribution in [2.45, 2.75) is 367 Å². The van der Waals surface area contributed by atoms with Gasteiger partial charge >= 0.3 is 11.9 Å². The molecule has 584 valence electrons. The molecule has 0 aliphatic heterocycles. The van der Waals surface area contributed by atoms with Crippen molar-refractivity contribution < 1.29 is 42.1 Å². The molecule has 0 bridgehead atoms. The van der Waals surface area contributed by atoms with Gasteiger partial charge in [-0.2, -0.15) is 0 Å². The van der Waals surface area contributed by atoms with Gasteiger partial charge < -0.3 is 27.9 Å². The lowest BCUT2D eigenvalue weighted by atomic mass is 10.0. The van der Waals surface area contributed by atoms with E-state index in [2.05, 4.69) is 172 Å². The van der Waals surface area contributed by atoms with Crippen molar-refractivity contribution in [2.75, 3.05) is 47.5 Å². The highest BCUT2D eigenvalue weighted by Gasteiger charge is 2.22. The quantitative estimate of drug-likeness (QED) is 0.0195. The Morgan fingerprint density at radius 3 is 0.784 bits per heavy atom. The van der Waals surface area contributed by atoms with Gasteiger partial charge in [0.15, 0.2) is 6.10 Å². The number of likely N-dealkylation sites (N-methyl/N-ethyl adjacent to an activating group) is 1. The van der Waals surface area contributed by atoms with E-state index < -0.39 is 26.5 Å². The lowest BCUT2D eigenvalue weighted by Gasteiger charge is -2.28. The lowest BCUT2D eigenvalue weighted by molar-refractivity contribution is -0.870. The predicted octanol–water partition coefficient (Wildman–Crippen LogP) is 28.0. The molecule has 0 aromatic carbocycles. The van der Waals surface area contributed by atoms with E-state index in [1.807, 2.05) is 21.1 Å². The van der Waals surface area contributed by atoms with Gasteiger partial charge in [-0.05, 0) is 122 Å². The first-order valence-corrected chi connectivity index (χ1v) is 43.7. The molecule has 0 aliphatic carbocycles. The third-order valence-electron chi connectivity index (χ3n) is 18.0. The minimum atomic E-state index is -4.65. The Morgan fingerprint density at radius 1 is 0.304 bits per heavy atom. The highest BCUT2D eigenvalue weighted by atomic mass is 31.2. The van der Waals surface area contributed by atoms with E-state index in [0.717, 1.165) is 122 Å². The SMILES string of the molecule is CC/C=C\C/C=C\C/C=C\C/C=C\C/C=C\C/C=C\C/C=C\C/C=C\C/C=C\CCCCCCCCCCCCCCCC(=O)OC(COC(=O)CCCCCCCCCCCCCCCCCCCCCCCCCC/C=C\C/C=C\C/C=C\C/C=C\CC)COP(=O)([O-])OCC[N+](C)(C)C. The van der Waals surface area contributed by atoms with Crippen LogP contribution in [0.4, 0.5) is 0 Å². The second kappa shape index (κ2) is 80.7. The largest absolute Gasteiger partial charge is 0.756 e. The molecule has 9 nitrogen and oxygen atoms in total. The summed E-state index contributed by atoms with van der Waals surface area (Å²) in [5.74, 6) is -0.826. The van der Waals surface area contributed by atoms with E-state index in [4.69, 9.17) is 18.5 Å². The molecule has 0 saturated heterocycles. The molecule has 0 aromatic rings. The number of rotatable bonds is 77. The van der Waals surface area contributed by atoms with Gasteiger partial charge in [0.25, 0.3) is 7.82 Å². The zero-order chi connectivity index (χ0) is 74.0. The van der Waals surface area contributed by atoms with Gasteiger partial charge in [0, 0.05) is 12.8 Å². The van der Waals surface area contributed by atoms with E-state index in [1.54, 1.807) is 0 Å². The molecule has 102 heavy (non-hydrogen) atoms. The van der Waals surface area contributed by atoms with E-state index in [0.29, 0.717) is 17.4 Å². The van der Waals surface area contributed by atoms with Crippen LogP contribution in [0, 0.1) is 0 Å². The molecule has 0 saturated carbocycles. The Hall–Kier alpha value is -4.37. The maximum Gasteiger partial charge on any atom is 0.306 e. The first-order valence-electron chi connectivity index (χ1n) is 42.2. The Bertz CT molecular complexity index is 2290. The second-order valence-electron chi connectivity index (χ2n) is 29.1. The summed E-state index contributed by atoms with van der Waals surface area (Å²) in [6, 6.07) is 0. The fraction of sp³-hybridized carbons (Fsp3) is 0.696. The Balaban J connectivity index is 3.96. The van der Waals surface area contributed by atoms with Crippen LogP contribution in [-0.2, 0) is 32.7 Å². The summed E-state index contributed by atoms with van der Waals surface area (Å²) in [4.78, 5) is 38.2. The summed E-state index contributed by atoms with van der Waals surface area (Å²) in [6.07, 6.45) is 121. The fourth-order valence-corrected chi connectivity index (χ4v) is 12.4. The van der Waals surface area contributed by atoms with E-state index in [9.17, 15) is 19.0 Å². The smallest absolute Gasteiger partial charge is 0.306 e. The van der Waals surface area contributed by atoms with Gasteiger partial charge in [0.05, 0.1) is 27.7 Å². The monoisotopic (exact) mass is 1440 g/mol. The Labute approximate surface area is 630 Å². The molecular formula is C92H158NO8P. The van der Waals surface area contributed by atoms with Crippen LogP contribution in [0.1, 0.15) is 361 Å². The number of ether oxygens (including phenoxy) is 2. The van der Waals surface area contributed by atoms with Crippen molar-refractivity contribution in [2.24, 2.45) is 0 Å². The van der Waals surface area contributed by atoms with Gasteiger partial charge in [0.2, 0.25) is 0 Å². The van der Waals surface area contributed by atoms with Crippen LogP contribution in [-0.4, -0.2) is 70.0 Å². The average Bonchev–Trinajstić information content (AvgIpc) is 0.916.